The van der Waals surface area contributed by atoms with Crippen molar-refractivity contribution in [3.05, 3.63) is 77.5 Å². The van der Waals surface area contributed by atoms with E-state index in [0.717, 1.165) is 6.42 Å². The average Bonchev–Trinajstić information content (AvgIpc) is 2.62. The zero-order chi connectivity index (χ0) is 18.1. The normalized spacial score (nSPS) is 10.6. The van der Waals surface area contributed by atoms with Gasteiger partial charge in [-0.3, -0.25) is 9.59 Å². The van der Waals surface area contributed by atoms with Crippen LogP contribution in [0.3, 0.4) is 0 Å². The van der Waals surface area contributed by atoms with Crippen molar-refractivity contribution in [2.75, 3.05) is 11.9 Å². The number of ketones is 1. The lowest BCUT2D eigenvalue weighted by atomic mass is 10.1. The number of anilines is 1. The zero-order valence-electron chi connectivity index (χ0n) is 14.0. The van der Waals surface area contributed by atoms with Gasteiger partial charge in [0, 0.05) is 24.0 Å². The Labute approximate surface area is 147 Å². The van der Waals surface area contributed by atoms with Crippen molar-refractivity contribution >= 4 is 17.4 Å². The van der Waals surface area contributed by atoms with Gasteiger partial charge in [-0.05, 0) is 31.0 Å². The third-order valence-electron chi connectivity index (χ3n) is 3.54. The van der Waals surface area contributed by atoms with Crippen LogP contribution in [0.25, 0.3) is 0 Å². The summed E-state index contributed by atoms with van der Waals surface area (Å²) in [6.07, 6.45) is 2.20. The van der Waals surface area contributed by atoms with Gasteiger partial charge in [-0.25, -0.2) is 0 Å². The summed E-state index contributed by atoms with van der Waals surface area (Å²) in [4.78, 5) is 23.5. The zero-order valence-corrected chi connectivity index (χ0v) is 14.0. The molecule has 126 valence electrons. The molecule has 0 aliphatic carbocycles. The number of amides is 1. The predicted molar refractivity (Wildman–Crippen MR) is 96.9 cm³/mol. The van der Waals surface area contributed by atoms with Crippen molar-refractivity contribution in [2.24, 2.45) is 0 Å². The Morgan fingerprint density at radius 2 is 1.88 bits per heavy atom. The summed E-state index contributed by atoms with van der Waals surface area (Å²) in [5.41, 5.74) is 2.12. The van der Waals surface area contributed by atoms with Crippen LogP contribution >= 0.6 is 0 Å². The molecule has 0 radical (unpaired) electrons. The maximum absolute atomic E-state index is 12.2. The SMILES string of the molecule is CC(=O)c1cccc(NC(=O)/C(C#N)=C\NCCc2ccccc2)c1. The van der Waals surface area contributed by atoms with Crippen LogP contribution in [0, 0.1) is 11.3 Å². The number of nitrogens with zero attached hydrogens (tertiary/aromatic N) is 1. The fourth-order valence-corrected chi connectivity index (χ4v) is 2.20. The lowest BCUT2D eigenvalue weighted by molar-refractivity contribution is -0.112. The Balaban J connectivity index is 1.93. The van der Waals surface area contributed by atoms with E-state index < -0.39 is 5.91 Å². The molecule has 0 saturated carbocycles. The van der Waals surface area contributed by atoms with Crippen LogP contribution < -0.4 is 10.6 Å². The van der Waals surface area contributed by atoms with Gasteiger partial charge in [-0.2, -0.15) is 5.26 Å². The molecule has 0 fully saturated rings. The van der Waals surface area contributed by atoms with E-state index in [1.807, 2.05) is 36.4 Å². The van der Waals surface area contributed by atoms with Gasteiger partial charge >= 0.3 is 0 Å². The highest BCUT2D eigenvalue weighted by molar-refractivity contribution is 6.07. The van der Waals surface area contributed by atoms with E-state index in [4.69, 9.17) is 5.26 Å². The number of carbonyl (C=O) groups is 2. The van der Waals surface area contributed by atoms with Gasteiger partial charge in [0.05, 0.1) is 0 Å². The fraction of sp³-hybridized carbons (Fsp3) is 0.150. The van der Waals surface area contributed by atoms with Gasteiger partial charge in [0.1, 0.15) is 11.6 Å². The summed E-state index contributed by atoms with van der Waals surface area (Å²) in [6.45, 7) is 2.07. The third kappa shape index (κ3) is 5.63. The summed E-state index contributed by atoms with van der Waals surface area (Å²) in [5.74, 6) is -0.606. The number of rotatable bonds is 7. The van der Waals surface area contributed by atoms with Crippen molar-refractivity contribution < 1.29 is 9.59 Å². The molecule has 0 aromatic heterocycles. The van der Waals surface area contributed by atoms with Crippen LogP contribution in [-0.4, -0.2) is 18.2 Å². The first-order chi connectivity index (χ1) is 12.1. The van der Waals surface area contributed by atoms with E-state index in [-0.39, 0.29) is 11.4 Å². The Kier molecular flexibility index (Phi) is 6.49. The Hall–Kier alpha value is -3.39. The summed E-state index contributed by atoms with van der Waals surface area (Å²) >= 11 is 0. The van der Waals surface area contributed by atoms with Crippen LogP contribution in [-0.2, 0) is 11.2 Å². The Morgan fingerprint density at radius 3 is 2.56 bits per heavy atom. The highest BCUT2D eigenvalue weighted by atomic mass is 16.1. The molecule has 0 aliphatic rings. The second-order valence-electron chi connectivity index (χ2n) is 5.45. The largest absolute Gasteiger partial charge is 0.389 e. The molecule has 2 aromatic rings. The maximum atomic E-state index is 12.2. The number of hydrogen-bond acceptors (Lipinski definition) is 4. The van der Waals surface area contributed by atoms with Gasteiger partial charge in [0.25, 0.3) is 5.91 Å². The summed E-state index contributed by atoms with van der Waals surface area (Å²) in [7, 11) is 0. The fourth-order valence-electron chi connectivity index (χ4n) is 2.20. The van der Waals surface area contributed by atoms with E-state index in [1.165, 1.54) is 18.7 Å². The molecule has 0 unspecified atom stereocenters. The van der Waals surface area contributed by atoms with Crippen molar-refractivity contribution in [2.45, 2.75) is 13.3 Å². The number of hydrogen-bond donors (Lipinski definition) is 2. The van der Waals surface area contributed by atoms with Crippen LogP contribution in [0.1, 0.15) is 22.8 Å². The summed E-state index contributed by atoms with van der Waals surface area (Å²) in [5, 5.41) is 14.8. The molecule has 0 atom stereocenters. The van der Waals surface area contributed by atoms with E-state index in [1.54, 1.807) is 24.3 Å². The lowest BCUT2D eigenvalue weighted by Crippen LogP contribution is -2.18. The number of Topliss-reactive ketones (excluding diaryl/α,β-unsaturated/α-hetero) is 1. The van der Waals surface area contributed by atoms with Crippen LogP contribution in [0.15, 0.2) is 66.4 Å². The average molecular weight is 333 g/mol. The van der Waals surface area contributed by atoms with Crippen LogP contribution in [0.2, 0.25) is 0 Å². The monoisotopic (exact) mass is 333 g/mol. The molecular formula is C20H19N3O2. The number of nitriles is 1. The topological polar surface area (TPSA) is 82.0 Å². The highest BCUT2D eigenvalue weighted by Gasteiger charge is 2.10. The Morgan fingerprint density at radius 1 is 1.12 bits per heavy atom. The molecule has 0 heterocycles. The minimum atomic E-state index is -0.518. The van der Waals surface area contributed by atoms with E-state index in [9.17, 15) is 9.59 Å². The molecule has 0 spiro atoms. The molecule has 1 amide bonds. The van der Waals surface area contributed by atoms with Gasteiger partial charge < -0.3 is 10.6 Å². The molecular weight excluding hydrogens is 314 g/mol. The second-order valence-corrected chi connectivity index (χ2v) is 5.45. The van der Waals surface area contributed by atoms with E-state index in [2.05, 4.69) is 10.6 Å². The summed E-state index contributed by atoms with van der Waals surface area (Å²) in [6, 6.07) is 18.4. The lowest BCUT2D eigenvalue weighted by Gasteiger charge is -2.06. The predicted octanol–water partition coefficient (Wildman–Crippen LogP) is 3.07. The van der Waals surface area contributed by atoms with Crippen molar-refractivity contribution in [3.63, 3.8) is 0 Å². The molecule has 0 saturated heterocycles. The van der Waals surface area contributed by atoms with Gasteiger partial charge in [-0.15, -0.1) is 0 Å². The van der Waals surface area contributed by atoms with Crippen molar-refractivity contribution in [1.82, 2.24) is 5.32 Å². The van der Waals surface area contributed by atoms with Gasteiger partial charge in [0.2, 0.25) is 0 Å². The van der Waals surface area contributed by atoms with E-state index in [0.29, 0.717) is 17.8 Å². The molecule has 25 heavy (non-hydrogen) atoms. The highest BCUT2D eigenvalue weighted by Crippen LogP contribution is 2.12. The first kappa shape index (κ1) is 18.0. The van der Waals surface area contributed by atoms with Crippen LogP contribution in [0.4, 0.5) is 5.69 Å². The molecule has 5 nitrogen and oxygen atoms in total. The quantitative estimate of drug-likeness (QED) is 0.353. The second kappa shape index (κ2) is 9.04. The van der Waals surface area contributed by atoms with Crippen molar-refractivity contribution in [1.29, 1.82) is 5.26 Å². The molecule has 0 bridgehead atoms. The summed E-state index contributed by atoms with van der Waals surface area (Å²) < 4.78 is 0. The van der Waals surface area contributed by atoms with E-state index >= 15 is 0 Å². The Bertz CT molecular complexity index is 820. The number of nitrogens with one attached hydrogen (secondary N) is 2. The molecule has 2 rings (SSSR count). The molecule has 2 aromatic carbocycles. The van der Waals surface area contributed by atoms with Gasteiger partial charge in [0.15, 0.2) is 5.78 Å². The van der Waals surface area contributed by atoms with Crippen molar-refractivity contribution in [3.8, 4) is 6.07 Å². The smallest absolute Gasteiger partial charge is 0.267 e. The first-order valence-corrected chi connectivity index (χ1v) is 7.90. The standard InChI is InChI=1S/C20H19N3O2/c1-15(24)17-8-5-9-19(12-17)23-20(25)18(13-21)14-22-11-10-16-6-3-2-4-7-16/h2-9,12,14,22H,10-11H2,1H3,(H,23,25)/b18-14-. The minimum Gasteiger partial charge on any atom is -0.389 e. The molecule has 2 N–H and O–H groups in total. The number of carbonyl (C=O) groups excluding carboxylic acids is 2. The maximum Gasteiger partial charge on any atom is 0.267 e. The third-order valence-corrected chi connectivity index (χ3v) is 3.54. The number of benzene rings is 2. The first-order valence-electron chi connectivity index (χ1n) is 7.90. The van der Waals surface area contributed by atoms with Gasteiger partial charge in [-0.1, -0.05) is 42.5 Å². The minimum absolute atomic E-state index is 0.0266. The molecule has 0 aliphatic heterocycles. The molecule has 5 heteroatoms. The van der Waals surface area contributed by atoms with Crippen LogP contribution in [0.5, 0.6) is 0 Å².